The van der Waals surface area contributed by atoms with Crippen LogP contribution in [0.4, 0.5) is 10.2 Å². The fourth-order valence-electron chi connectivity index (χ4n) is 4.46. The first-order valence-electron chi connectivity index (χ1n) is 12.6. The molecule has 0 bridgehead atoms. The number of nitrogens with two attached hydrogens (primary N) is 1. The largest absolute Gasteiger partial charge is 0.480 e. The number of carboxylic acids is 1. The van der Waals surface area contributed by atoms with E-state index < -0.39 is 50.4 Å². The summed E-state index contributed by atoms with van der Waals surface area (Å²) >= 11 is 0. The number of benzene rings is 2. The fourth-order valence-corrected chi connectivity index (χ4v) is 5.99. The van der Waals surface area contributed by atoms with E-state index in [1.807, 2.05) is 0 Å². The molecule has 5 atom stereocenters. The third-order valence-electron chi connectivity index (χ3n) is 6.60. The third-order valence-corrected chi connectivity index (χ3v) is 8.15. The minimum Gasteiger partial charge on any atom is -0.480 e. The number of anilines is 1. The molecule has 0 spiro atoms. The van der Waals surface area contributed by atoms with Gasteiger partial charge in [0.05, 0.1) is 6.33 Å². The zero-order valence-electron chi connectivity index (χ0n) is 21.9. The number of aliphatic carboxylic acids is 1. The van der Waals surface area contributed by atoms with Crippen LogP contribution >= 0.6 is 7.75 Å². The number of hydrogen-bond acceptors (Lipinski definition) is 10. The van der Waals surface area contributed by atoms with Crippen molar-refractivity contribution in [1.82, 2.24) is 24.6 Å². The van der Waals surface area contributed by atoms with Crippen LogP contribution in [0.3, 0.4) is 0 Å². The summed E-state index contributed by atoms with van der Waals surface area (Å²) in [5.74, 6) is 0.998. The van der Waals surface area contributed by atoms with Crippen molar-refractivity contribution in [2.24, 2.45) is 0 Å². The molecule has 15 heteroatoms. The lowest BCUT2D eigenvalue weighted by atomic mass is 9.99. The van der Waals surface area contributed by atoms with Crippen molar-refractivity contribution >= 4 is 30.7 Å². The molecule has 4 aromatic rings. The zero-order chi connectivity index (χ0) is 29.9. The molecule has 2 aromatic heterocycles. The summed E-state index contributed by atoms with van der Waals surface area (Å²) in [7, 11) is -4.48. The van der Waals surface area contributed by atoms with Crippen LogP contribution in [0, 0.1) is 18.4 Å². The van der Waals surface area contributed by atoms with Gasteiger partial charge in [-0.2, -0.15) is 19.4 Å². The molecule has 0 radical (unpaired) electrons. The molecule has 218 valence electrons. The third kappa shape index (κ3) is 6.11. The van der Waals surface area contributed by atoms with Crippen molar-refractivity contribution in [3.63, 3.8) is 0 Å². The molecule has 0 aliphatic carbocycles. The number of hydrogen-bond donors (Lipinski definition) is 4. The van der Waals surface area contributed by atoms with E-state index in [2.05, 4.69) is 26.0 Å². The Balaban J connectivity index is 1.40. The maximum absolute atomic E-state index is 14.1. The Hall–Kier alpha value is -4.38. The number of fused-ring (bicyclic) bond motifs is 1. The number of imidazole rings is 1. The number of nitrogen functional groups attached to an aromatic ring is 1. The van der Waals surface area contributed by atoms with Gasteiger partial charge < -0.3 is 25.2 Å². The van der Waals surface area contributed by atoms with E-state index in [-0.39, 0.29) is 35.6 Å². The number of para-hydroxylation sites is 1. The molecule has 1 fully saturated rings. The molecule has 0 saturated carbocycles. The van der Waals surface area contributed by atoms with Crippen LogP contribution in [0.15, 0.2) is 67.0 Å². The molecule has 1 aliphatic heterocycles. The van der Waals surface area contributed by atoms with Crippen LogP contribution in [0.25, 0.3) is 11.2 Å². The van der Waals surface area contributed by atoms with Crippen LogP contribution in [-0.4, -0.2) is 60.1 Å². The van der Waals surface area contributed by atoms with Crippen molar-refractivity contribution in [3.05, 3.63) is 78.6 Å². The minimum absolute atomic E-state index is 0.0101. The van der Waals surface area contributed by atoms with Crippen LogP contribution < -0.4 is 15.3 Å². The average Bonchev–Trinajstić information content (AvgIpc) is 3.54. The molecule has 5 N–H and O–H groups in total. The second-order valence-corrected chi connectivity index (χ2v) is 11.1. The van der Waals surface area contributed by atoms with Crippen molar-refractivity contribution in [3.8, 4) is 18.1 Å². The summed E-state index contributed by atoms with van der Waals surface area (Å²) in [6, 6.07) is 15.3. The molecule has 3 heterocycles. The van der Waals surface area contributed by atoms with Crippen LogP contribution in [0.1, 0.15) is 18.2 Å². The molecular weight excluding hydrogens is 570 g/mol. The standard InChI is InChI=1S/C27H26FN6O7P/c1-2-27(20(35)14-21(40-27)34-16-30-22-23(29)31-26(28)32-24(22)34)15-39-42(38,41-18-11-7-4-8-12-18)33-19(25(36)37)13-17-9-5-3-6-10-17/h1,3-12,16,19-21,35H,13-15H2,(H,33,38)(H,36,37)(H2,29,31,32)/t19?,20-,21+,27+,42+/m0/s1. The van der Waals surface area contributed by atoms with Gasteiger partial charge in [0.1, 0.15) is 30.7 Å². The highest BCUT2D eigenvalue weighted by Gasteiger charge is 2.50. The lowest BCUT2D eigenvalue weighted by Gasteiger charge is -2.30. The van der Waals surface area contributed by atoms with Gasteiger partial charge in [0.25, 0.3) is 0 Å². The highest BCUT2D eigenvalue weighted by Crippen LogP contribution is 2.48. The minimum atomic E-state index is -4.48. The van der Waals surface area contributed by atoms with E-state index in [0.29, 0.717) is 5.56 Å². The summed E-state index contributed by atoms with van der Waals surface area (Å²) in [6.07, 6.45) is 3.48. The van der Waals surface area contributed by atoms with Gasteiger partial charge in [-0.1, -0.05) is 54.5 Å². The lowest BCUT2D eigenvalue weighted by molar-refractivity contribution is -0.139. The highest BCUT2D eigenvalue weighted by atomic mass is 31.2. The predicted octanol–water partition coefficient (Wildman–Crippen LogP) is 2.69. The first-order valence-corrected chi connectivity index (χ1v) is 14.2. The Bertz CT molecular complexity index is 1670. The molecular formula is C27H26FN6O7P. The number of aromatic nitrogens is 4. The Morgan fingerprint density at radius 3 is 2.62 bits per heavy atom. The number of nitrogens with one attached hydrogen (secondary N) is 1. The number of aliphatic hydroxyl groups is 1. The first kappa shape index (κ1) is 29.1. The average molecular weight is 597 g/mol. The topological polar surface area (TPSA) is 184 Å². The Morgan fingerprint density at radius 2 is 1.95 bits per heavy atom. The summed E-state index contributed by atoms with van der Waals surface area (Å²) < 4.78 is 46.6. The maximum Gasteiger partial charge on any atom is 0.459 e. The number of carbonyl (C=O) groups is 1. The van der Waals surface area contributed by atoms with Crippen molar-refractivity contribution in [2.75, 3.05) is 12.3 Å². The van der Waals surface area contributed by atoms with Crippen LogP contribution in [-0.2, 0) is 25.0 Å². The van der Waals surface area contributed by atoms with Gasteiger partial charge >= 0.3 is 19.8 Å². The molecule has 42 heavy (non-hydrogen) atoms. The smallest absolute Gasteiger partial charge is 0.459 e. The fraction of sp³-hybridized carbons (Fsp3) is 0.259. The van der Waals surface area contributed by atoms with Gasteiger partial charge in [-0.25, -0.2) is 9.55 Å². The normalized spacial score (nSPS) is 22.3. The molecule has 13 nitrogen and oxygen atoms in total. The molecule has 1 aliphatic rings. The highest BCUT2D eigenvalue weighted by molar-refractivity contribution is 7.52. The van der Waals surface area contributed by atoms with Crippen molar-refractivity contribution in [1.29, 1.82) is 0 Å². The number of terminal acetylenes is 1. The lowest BCUT2D eigenvalue weighted by Crippen LogP contribution is -2.44. The second-order valence-electron chi connectivity index (χ2n) is 9.44. The summed E-state index contributed by atoms with van der Waals surface area (Å²) in [5, 5.41) is 23.4. The van der Waals surface area contributed by atoms with Gasteiger partial charge in [0, 0.05) is 6.42 Å². The van der Waals surface area contributed by atoms with E-state index in [4.69, 9.17) is 25.9 Å². The van der Waals surface area contributed by atoms with E-state index in [9.17, 15) is 24.0 Å². The maximum atomic E-state index is 14.1. The van der Waals surface area contributed by atoms with Crippen molar-refractivity contribution < 1.29 is 37.7 Å². The number of rotatable bonds is 11. The predicted molar refractivity (Wildman–Crippen MR) is 147 cm³/mol. The number of ether oxygens (including phenoxy) is 1. The molecule has 2 aromatic carbocycles. The van der Waals surface area contributed by atoms with Gasteiger partial charge in [0.15, 0.2) is 22.6 Å². The van der Waals surface area contributed by atoms with Crippen LogP contribution in [0.5, 0.6) is 5.75 Å². The summed E-state index contributed by atoms with van der Waals surface area (Å²) in [6.45, 7) is -0.673. The summed E-state index contributed by atoms with van der Waals surface area (Å²) in [5.41, 5.74) is 4.66. The zero-order valence-corrected chi connectivity index (χ0v) is 22.8. The number of aliphatic hydroxyl groups excluding tert-OH is 1. The van der Waals surface area contributed by atoms with E-state index >= 15 is 0 Å². The van der Waals surface area contributed by atoms with E-state index in [1.54, 1.807) is 48.5 Å². The van der Waals surface area contributed by atoms with Gasteiger partial charge in [-0.15, -0.1) is 6.42 Å². The molecule has 5 rings (SSSR count). The van der Waals surface area contributed by atoms with Gasteiger partial charge in [-0.3, -0.25) is 13.9 Å². The van der Waals surface area contributed by atoms with Gasteiger partial charge in [0.2, 0.25) is 0 Å². The number of halogens is 1. The summed E-state index contributed by atoms with van der Waals surface area (Å²) in [4.78, 5) is 23.4. The Morgan fingerprint density at radius 1 is 1.26 bits per heavy atom. The molecule has 1 unspecified atom stereocenters. The quantitative estimate of drug-likeness (QED) is 0.113. The van der Waals surface area contributed by atoms with Gasteiger partial charge in [-0.05, 0) is 24.1 Å². The molecule has 0 amide bonds. The number of carboxylic acid groups (broad SMARTS) is 1. The van der Waals surface area contributed by atoms with Crippen LogP contribution in [0.2, 0.25) is 0 Å². The number of nitrogens with zero attached hydrogens (tertiary/aromatic N) is 4. The SMILES string of the molecule is C#C[C@]1(CO[P@](=O)(NC(Cc2ccccc2)C(=O)O)Oc2ccccc2)O[C@@H](n2cnc3c(N)nc(F)nc32)C[C@@H]1O. The first-order chi connectivity index (χ1) is 20.1. The molecule has 1 saturated heterocycles. The monoisotopic (exact) mass is 596 g/mol. The Kier molecular flexibility index (Phi) is 8.22. The van der Waals surface area contributed by atoms with E-state index in [1.165, 1.54) is 23.0 Å². The van der Waals surface area contributed by atoms with E-state index in [0.717, 1.165) is 0 Å². The second kappa shape index (κ2) is 11.8. The Labute approximate surface area is 239 Å². The van der Waals surface area contributed by atoms with Crippen molar-refractivity contribution in [2.45, 2.75) is 36.8 Å².